The minimum Gasteiger partial charge on any atom is -0.495 e. The van der Waals surface area contributed by atoms with Crippen LogP contribution in [0, 0.1) is 0 Å². The highest BCUT2D eigenvalue weighted by atomic mass is 35.5. The highest BCUT2D eigenvalue weighted by molar-refractivity contribution is 7.25. The van der Waals surface area contributed by atoms with Crippen LogP contribution in [0.2, 0.25) is 5.02 Å². The van der Waals surface area contributed by atoms with Crippen molar-refractivity contribution < 1.29 is 14.6 Å². The summed E-state index contributed by atoms with van der Waals surface area (Å²) in [5, 5.41) is 15.1. The molecule has 0 saturated carbocycles. The molecule has 3 aromatic heterocycles. The van der Waals surface area contributed by atoms with E-state index in [0.29, 0.717) is 36.0 Å². The Morgan fingerprint density at radius 1 is 1.06 bits per heavy atom. The van der Waals surface area contributed by atoms with Crippen molar-refractivity contribution in [1.29, 1.82) is 0 Å². The lowest BCUT2D eigenvalue weighted by atomic mass is 10.1. The Hall–Kier alpha value is -3.75. The fourth-order valence-corrected chi connectivity index (χ4v) is 5.42. The topological polar surface area (TPSA) is 97.2 Å². The van der Waals surface area contributed by atoms with Crippen LogP contribution in [0.15, 0.2) is 60.7 Å². The molecule has 2 aromatic carbocycles. The average molecular weight is 519 g/mol. The molecule has 3 heterocycles. The number of methoxy groups -OCH3 is 1. The zero-order valence-electron chi connectivity index (χ0n) is 19.5. The lowest BCUT2D eigenvalue weighted by molar-refractivity contribution is -0.136. The molecule has 182 valence electrons. The lowest BCUT2D eigenvalue weighted by Gasteiger charge is -2.11. The first-order chi connectivity index (χ1) is 17.5. The Kier molecular flexibility index (Phi) is 6.97. The molecular formula is C27H23ClN4O3S. The molecule has 7 nitrogen and oxygen atoms in total. The zero-order valence-corrected chi connectivity index (χ0v) is 21.1. The van der Waals surface area contributed by atoms with Crippen molar-refractivity contribution in [3.63, 3.8) is 0 Å². The molecule has 36 heavy (non-hydrogen) atoms. The Morgan fingerprint density at radius 3 is 2.69 bits per heavy atom. The van der Waals surface area contributed by atoms with Crippen molar-refractivity contribution in [1.82, 2.24) is 15.0 Å². The number of benzene rings is 2. The van der Waals surface area contributed by atoms with Crippen molar-refractivity contribution in [3.05, 3.63) is 88.5 Å². The lowest BCUT2D eigenvalue weighted by Crippen LogP contribution is -2.07. The summed E-state index contributed by atoms with van der Waals surface area (Å²) in [6, 6.07) is 19.5. The minimum atomic E-state index is -0.838. The molecule has 0 saturated heterocycles. The summed E-state index contributed by atoms with van der Waals surface area (Å²) in [5.74, 6) is 1.19. The predicted octanol–water partition coefficient (Wildman–Crippen LogP) is 6.12. The summed E-state index contributed by atoms with van der Waals surface area (Å²) < 4.78 is 6.40. The molecule has 0 amide bonds. The number of pyridine rings is 1. The molecule has 5 rings (SSSR count). The molecule has 0 aliphatic heterocycles. The van der Waals surface area contributed by atoms with Gasteiger partial charge in [-0.3, -0.25) is 9.78 Å². The summed E-state index contributed by atoms with van der Waals surface area (Å²) >= 11 is 7.95. The van der Waals surface area contributed by atoms with Crippen LogP contribution in [-0.4, -0.2) is 33.1 Å². The summed E-state index contributed by atoms with van der Waals surface area (Å²) in [7, 11) is 1.59. The Morgan fingerprint density at radius 2 is 1.89 bits per heavy atom. The second-order valence-corrected chi connectivity index (χ2v) is 9.72. The van der Waals surface area contributed by atoms with Gasteiger partial charge in [0.1, 0.15) is 22.2 Å². The Balaban J connectivity index is 1.48. The first-order valence-corrected chi connectivity index (χ1v) is 12.6. The number of hydrogen-bond donors (Lipinski definition) is 2. The number of carboxylic acid groups (broad SMARTS) is 1. The van der Waals surface area contributed by atoms with Gasteiger partial charge in [-0.15, -0.1) is 11.3 Å². The number of aliphatic carboxylic acids is 1. The first kappa shape index (κ1) is 24.0. The molecule has 5 aromatic rings. The van der Waals surface area contributed by atoms with E-state index in [9.17, 15) is 4.79 Å². The molecule has 0 aliphatic rings. The third-order valence-corrected chi connectivity index (χ3v) is 7.12. The summed E-state index contributed by atoms with van der Waals surface area (Å²) in [6.07, 6.45) is 0.870. The second kappa shape index (κ2) is 10.5. The van der Waals surface area contributed by atoms with Gasteiger partial charge in [0.2, 0.25) is 0 Å². The van der Waals surface area contributed by atoms with Gasteiger partial charge in [0, 0.05) is 34.4 Å². The van der Waals surface area contributed by atoms with Gasteiger partial charge in [-0.2, -0.15) is 0 Å². The number of rotatable bonds is 9. The van der Waals surface area contributed by atoms with Crippen LogP contribution >= 0.6 is 22.9 Å². The normalized spacial score (nSPS) is 11.2. The van der Waals surface area contributed by atoms with Gasteiger partial charge in [-0.25, -0.2) is 9.97 Å². The quantitative estimate of drug-likeness (QED) is 0.242. The number of thiophene rings is 1. The van der Waals surface area contributed by atoms with E-state index in [1.54, 1.807) is 18.4 Å². The van der Waals surface area contributed by atoms with Gasteiger partial charge < -0.3 is 15.2 Å². The van der Waals surface area contributed by atoms with Gasteiger partial charge in [-0.1, -0.05) is 41.9 Å². The van der Waals surface area contributed by atoms with Crippen LogP contribution < -0.4 is 10.1 Å². The van der Waals surface area contributed by atoms with E-state index in [1.807, 2.05) is 48.5 Å². The number of hydrogen-bond acceptors (Lipinski definition) is 7. The zero-order chi connectivity index (χ0) is 25.1. The van der Waals surface area contributed by atoms with Crippen LogP contribution in [0.5, 0.6) is 5.75 Å². The fourth-order valence-electron chi connectivity index (χ4n) is 4.04. The first-order valence-electron chi connectivity index (χ1n) is 11.4. The molecular weight excluding hydrogens is 496 g/mol. The smallest absolute Gasteiger partial charge is 0.303 e. The minimum absolute atomic E-state index is 0.0458. The van der Waals surface area contributed by atoms with Crippen molar-refractivity contribution in [2.45, 2.75) is 25.8 Å². The predicted molar refractivity (Wildman–Crippen MR) is 143 cm³/mol. The van der Waals surface area contributed by atoms with Crippen LogP contribution in [0.4, 0.5) is 5.82 Å². The monoisotopic (exact) mass is 518 g/mol. The van der Waals surface area contributed by atoms with E-state index < -0.39 is 5.97 Å². The van der Waals surface area contributed by atoms with Crippen LogP contribution in [0.1, 0.15) is 29.2 Å². The number of nitrogens with one attached hydrogen (secondary N) is 1. The maximum absolute atomic E-state index is 10.9. The van der Waals surface area contributed by atoms with Gasteiger partial charge in [-0.05, 0) is 35.9 Å². The summed E-state index contributed by atoms with van der Waals surface area (Å²) in [5.41, 5.74) is 2.54. The van der Waals surface area contributed by atoms with Crippen molar-refractivity contribution in [3.8, 4) is 5.75 Å². The number of anilines is 1. The van der Waals surface area contributed by atoms with Gasteiger partial charge in [0.15, 0.2) is 0 Å². The van der Waals surface area contributed by atoms with E-state index in [2.05, 4.69) is 22.4 Å². The van der Waals surface area contributed by atoms with Crippen LogP contribution in [0.3, 0.4) is 0 Å². The SMILES string of the molecule is COc1ccc(CNc2nc(Cc3cccc(CCC(=O)O)n3)nc3sc4ccccc4c23)cc1Cl. The number of aromatic nitrogens is 3. The van der Waals surface area contributed by atoms with Crippen molar-refractivity contribution in [2.24, 2.45) is 0 Å². The molecule has 0 atom stereocenters. The third kappa shape index (κ3) is 5.24. The van der Waals surface area contributed by atoms with Crippen LogP contribution in [-0.2, 0) is 24.2 Å². The maximum Gasteiger partial charge on any atom is 0.303 e. The molecule has 0 bridgehead atoms. The third-order valence-electron chi connectivity index (χ3n) is 5.76. The number of aryl methyl sites for hydroxylation is 1. The van der Waals surface area contributed by atoms with Crippen LogP contribution in [0.25, 0.3) is 20.3 Å². The van der Waals surface area contributed by atoms with Crippen molar-refractivity contribution >= 4 is 55.0 Å². The van der Waals surface area contributed by atoms with E-state index in [4.69, 9.17) is 31.4 Å². The van der Waals surface area contributed by atoms with Crippen molar-refractivity contribution in [2.75, 3.05) is 12.4 Å². The van der Waals surface area contributed by atoms with Gasteiger partial charge >= 0.3 is 5.97 Å². The number of carboxylic acids is 1. The Labute approximate surface area is 216 Å². The standard InChI is InChI=1S/C27H23ClN4O3S/c1-35-21-11-9-16(13-20(21)28)15-29-26-25-19-7-2-3-8-22(19)36-27(25)32-23(31-26)14-18-6-4-5-17(30-18)10-12-24(33)34/h2-9,11,13H,10,12,14-15H2,1H3,(H,33,34)(H,29,31,32). The molecule has 0 spiro atoms. The number of fused-ring (bicyclic) bond motifs is 3. The van der Waals surface area contributed by atoms with E-state index in [0.717, 1.165) is 43.1 Å². The summed E-state index contributed by atoms with van der Waals surface area (Å²) in [4.78, 5) is 26.2. The van der Waals surface area contributed by atoms with E-state index >= 15 is 0 Å². The molecule has 2 N–H and O–H groups in total. The van der Waals surface area contributed by atoms with Gasteiger partial charge in [0.05, 0.1) is 30.4 Å². The fraction of sp³-hybridized carbons (Fsp3) is 0.185. The molecule has 9 heteroatoms. The maximum atomic E-state index is 10.9. The number of halogens is 1. The highest BCUT2D eigenvalue weighted by Crippen LogP contribution is 2.37. The van der Waals surface area contributed by atoms with Gasteiger partial charge in [0.25, 0.3) is 0 Å². The molecule has 0 radical (unpaired) electrons. The molecule has 0 aliphatic carbocycles. The second-order valence-electron chi connectivity index (χ2n) is 8.28. The number of ether oxygens (including phenoxy) is 1. The number of nitrogens with zero attached hydrogens (tertiary/aromatic N) is 3. The Bertz CT molecular complexity index is 1570. The average Bonchev–Trinajstić information content (AvgIpc) is 3.25. The van der Waals surface area contributed by atoms with E-state index in [1.165, 1.54) is 0 Å². The molecule has 0 unspecified atom stereocenters. The molecule has 0 fully saturated rings. The van der Waals surface area contributed by atoms with E-state index in [-0.39, 0.29) is 6.42 Å². The summed E-state index contributed by atoms with van der Waals surface area (Å²) in [6.45, 7) is 0.530. The number of carbonyl (C=O) groups is 1. The highest BCUT2D eigenvalue weighted by Gasteiger charge is 2.15. The largest absolute Gasteiger partial charge is 0.495 e.